The first kappa shape index (κ1) is 12.9. The molecule has 3 nitrogen and oxygen atoms in total. The van der Waals surface area contributed by atoms with Crippen LogP contribution in [0.25, 0.3) is 0 Å². The lowest BCUT2D eigenvalue weighted by molar-refractivity contribution is 0.0696. The highest BCUT2D eigenvalue weighted by atomic mass is 19.1. The molecule has 0 aliphatic carbocycles. The predicted octanol–water partition coefficient (Wildman–Crippen LogP) is 3.15. The highest BCUT2D eigenvalue weighted by Gasteiger charge is 2.30. The Balaban J connectivity index is 2.41. The van der Waals surface area contributed by atoms with Gasteiger partial charge in [-0.3, -0.25) is 0 Å². The molecule has 0 unspecified atom stereocenters. The molecule has 1 aliphatic rings. The lowest BCUT2D eigenvalue weighted by Crippen LogP contribution is -2.41. The van der Waals surface area contributed by atoms with E-state index in [1.807, 2.05) is 4.90 Å². The van der Waals surface area contributed by atoms with Gasteiger partial charge in [0.25, 0.3) is 0 Å². The topological polar surface area (TPSA) is 40.5 Å². The average molecular weight is 251 g/mol. The van der Waals surface area contributed by atoms with Crippen LogP contribution in [0.2, 0.25) is 0 Å². The molecule has 0 atom stereocenters. The molecule has 0 saturated carbocycles. The fourth-order valence-electron chi connectivity index (χ4n) is 2.62. The number of nitrogens with zero attached hydrogens (tertiary/aromatic N) is 1. The third-order valence-electron chi connectivity index (χ3n) is 3.43. The molecule has 1 aliphatic heterocycles. The molecule has 0 aromatic heterocycles. The first-order valence-electron chi connectivity index (χ1n) is 6.17. The Labute approximate surface area is 106 Å². The zero-order valence-electron chi connectivity index (χ0n) is 10.7. The minimum atomic E-state index is -1.08. The molecule has 0 amide bonds. The maximum Gasteiger partial charge on any atom is 0.337 e. The van der Waals surface area contributed by atoms with Crippen LogP contribution in [0.3, 0.4) is 0 Å². The maximum absolute atomic E-state index is 13.9. The largest absolute Gasteiger partial charge is 0.478 e. The van der Waals surface area contributed by atoms with Crippen molar-refractivity contribution in [3.05, 3.63) is 29.6 Å². The van der Waals surface area contributed by atoms with Gasteiger partial charge in [-0.05, 0) is 30.4 Å². The highest BCUT2D eigenvalue weighted by Crippen LogP contribution is 2.34. The molecule has 1 heterocycles. The summed E-state index contributed by atoms with van der Waals surface area (Å²) in [6.07, 6.45) is 2.04. The summed E-state index contributed by atoms with van der Waals surface area (Å²) in [5, 5.41) is 9.16. The van der Waals surface area contributed by atoms with Gasteiger partial charge in [0.15, 0.2) is 0 Å². The van der Waals surface area contributed by atoms with Crippen LogP contribution in [0.4, 0.5) is 10.1 Å². The first-order chi connectivity index (χ1) is 8.41. The van der Waals surface area contributed by atoms with E-state index in [1.165, 1.54) is 18.2 Å². The van der Waals surface area contributed by atoms with Crippen molar-refractivity contribution in [3.63, 3.8) is 0 Å². The highest BCUT2D eigenvalue weighted by molar-refractivity contribution is 5.94. The maximum atomic E-state index is 13.9. The summed E-state index contributed by atoms with van der Waals surface area (Å²) in [4.78, 5) is 13.0. The molecule has 1 aromatic rings. The van der Waals surface area contributed by atoms with Crippen molar-refractivity contribution >= 4 is 11.7 Å². The summed E-state index contributed by atoms with van der Waals surface area (Å²) in [7, 11) is 0. The molecule has 1 N–H and O–H groups in total. The molecule has 0 radical (unpaired) electrons. The first-order valence-corrected chi connectivity index (χ1v) is 6.17. The molecule has 1 aromatic carbocycles. The Morgan fingerprint density at radius 2 is 2.17 bits per heavy atom. The van der Waals surface area contributed by atoms with Gasteiger partial charge in [0.05, 0.1) is 11.3 Å². The molecule has 1 saturated heterocycles. The van der Waals surface area contributed by atoms with Crippen LogP contribution >= 0.6 is 0 Å². The van der Waals surface area contributed by atoms with Gasteiger partial charge in [0.1, 0.15) is 5.82 Å². The van der Waals surface area contributed by atoms with Crippen LogP contribution in [0.5, 0.6) is 0 Å². The van der Waals surface area contributed by atoms with Crippen molar-refractivity contribution < 1.29 is 14.3 Å². The van der Waals surface area contributed by atoms with E-state index in [0.29, 0.717) is 13.1 Å². The van der Waals surface area contributed by atoms with Crippen LogP contribution in [0.1, 0.15) is 37.0 Å². The standard InChI is InChI=1S/C14H18FNO2/c1-14(2)7-4-8-16(9-14)12-10(13(17)18)5-3-6-11(12)15/h3,5-6H,4,7-9H2,1-2H3,(H,17,18). The fourth-order valence-corrected chi connectivity index (χ4v) is 2.62. The predicted molar refractivity (Wildman–Crippen MR) is 68.6 cm³/mol. The van der Waals surface area contributed by atoms with E-state index in [4.69, 9.17) is 5.11 Å². The third-order valence-corrected chi connectivity index (χ3v) is 3.43. The van der Waals surface area contributed by atoms with Gasteiger partial charge in [-0.2, -0.15) is 0 Å². The monoisotopic (exact) mass is 251 g/mol. The van der Waals surface area contributed by atoms with Gasteiger partial charge in [0.2, 0.25) is 0 Å². The third kappa shape index (κ3) is 2.47. The van der Waals surface area contributed by atoms with Crippen molar-refractivity contribution in [1.82, 2.24) is 0 Å². The van der Waals surface area contributed by atoms with E-state index >= 15 is 0 Å². The number of carboxylic acid groups (broad SMARTS) is 1. The summed E-state index contributed by atoms with van der Waals surface area (Å²) in [6.45, 7) is 5.65. The molecule has 1 fully saturated rings. The number of anilines is 1. The van der Waals surface area contributed by atoms with Crippen LogP contribution in [0.15, 0.2) is 18.2 Å². The molecular formula is C14H18FNO2. The Bertz CT molecular complexity index is 471. The van der Waals surface area contributed by atoms with E-state index in [1.54, 1.807) is 0 Å². The number of benzene rings is 1. The number of carboxylic acids is 1. The smallest absolute Gasteiger partial charge is 0.337 e. The van der Waals surface area contributed by atoms with Crippen molar-refractivity contribution in [2.45, 2.75) is 26.7 Å². The summed E-state index contributed by atoms with van der Waals surface area (Å²) in [5.74, 6) is -1.53. The van der Waals surface area contributed by atoms with E-state index in [2.05, 4.69) is 13.8 Å². The summed E-state index contributed by atoms with van der Waals surface area (Å²) in [6, 6.07) is 4.23. The van der Waals surface area contributed by atoms with E-state index < -0.39 is 11.8 Å². The Morgan fingerprint density at radius 3 is 2.78 bits per heavy atom. The average Bonchev–Trinajstić information content (AvgIpc) is 2.27. The van der Waals surface area contributed by atoms with Crippen LogP contribution in [-0.2, 0) is 0 Å². The van der Waals surface area contributed by atoms with Crippen molar-refractivity contribution in [2.75, 3.05) is 18.0 Å². The van der Waals surface area contributed by atoms with E-state index in [0.717, 1.165) is 12.8 Å². The second-order valence-electron chi connectivity index (χ2n) is 5.63. The molecule has 2 rings (SSSR count). The number of rotatable bonds is 2. The van der Waals surface area contributed by atoms with Crippen molar-refractivity contribution in [3.8, 4) is 0 Å². The SMILES string of the molecule is CC1(C)CCCN(c2c(F)cccc2C(=O)O)C1. The normalized spacial score (nSPS) is 18.7. The Hall–Kier alpha value is -1.58. The van der Waals surface area contributed by atoms with E-state index in [-0.39, 0.29) is 16.7 Å². The number of hydrogen-bond donors (Lipinski definition) is 1. The second kappa shape index (κ2) is 4.59. The molecular weight excluding hydrogens is 233 g/mol. The number of halogens is 1. The summed E-state index contributed by atoms with van der Waals surface area (Å²) >= 11 is 0. The van der Waals surface area contributed by atoms with E-state index in [9.17, 15) is 9.18 Å². The van der Waals surface area contributed by atoms with Crippen molar-refractivity contribution in [1.29, 1.82) is 0 Å². The quantitative estimate of drug-likeness (QED) is 0.877. The second-order valence-corrected chi connectivity index (χ2v) is 5.63. The molecule has 0 bridgehead atoms. The number of para-hydroxylation sites is 1. The van der Waals surface area contributed by atoms with Gasteiger partial charge in [-0.15, -0.1) is 0 Å². The number of hydrogen-bond acceptors (Lipinski definition) is 2. The van der Waals surface area contributed by atoms with Gasteiger partial charge in [-0.25, -0.2) is 9.18 Å². The van der Waals surface area contributed by atoms with Crippen LogP contribution < -0.4 is 4.90 Å². The minimum absolute atomic E-state index is 0.0488. The van der Waals surface area contributed by atoms with Gasteiger partial charge in [-0.1, -0.05) is 19.9 Å². The molecule has 98 valence electrons. The summed E-state index contributed by atoms with van der Waals surface area (Å²) in [5.41, 5.74) is 0.376. The number of aromatic carboxylic acids is 1. The van der Waals surface area contributed by atoms with Crippen molar-refractivity contribution in [2.24, 2.45) is 5.41 Å². The lowest BCUT2D eigenvalue weighted by Gasteiger charge is -2.40. The van der Waals surface area contributed by atoms with Crippen LogP contribution in [-0.4, -0.2) is 24.2 Å². The molecule has 18 heavy (non-hydrogen) atoms. The molecule has 0 spiro atoms. The Kier molecular flexibility index (Phi) is 3.28. The zero-order valence-corrected chi connectivity index (χ0v) is 10.7. The van der Waals surface area contributed by atoms with Gasteiger partial charge in [0, 0.05) is 13.1 Å². The Morgan fingerprint density at radius 1 is 1.44 bits per heavy atom. The number of carbonyl (C=O) groups is 1. The van der Waals surface area contributed by atoms with Gasteiger partial charge < -0.3 is 10.0 Å². The number of piperidine rings is 1. The lowest BCUT2D eigenvalue weighted by atomic mass is 9.84. The fraction of sp³-hybridized carbons (Fsp3) is 0.500. The zero-order chi connectivity index (χ0) is 13.3. The molecule has 4 heteroatoms. The van der Waals surface area contributed by atoms with Crippen LogP contribution in [0, 0.1) is 11.2 Å². The summed E-state index contributed by atoms with van der Waals surface area (Å²) < 4.78 is 13.9. The minimum Gasteiger partial charge on any atom is -0.478 e. The van der Waals surface area contributed by atoms with Gasteiger partial charge >= 0.3 is 5.97 Å².